The monoisotopic (exact) mass is 132 g/mol. The van der Waals surface area contributed by atoms with Gasteiger partial charge in [-0.1, -0.05) is 14.5 Å². The summed E-state index contributed by atoms with van der Waals surface area (Å²) in [4.78, 5) is 0. The van der Waals surface area contributed by atoms with Crippen molar-refractivity contribution >= 4 is 15.1 Å². The number of oxime groups is 1. The van der Waals surface area contributed by atoms with E-state index < -0.39 is 0 Å². The molecule has 1 saturated heterocycles. The Labute approximate surface area is 50.6 Å². The van der Waals surface area contributed by atoms with Crippen LogP contribution in [0.15, 0.2) is 5.16 Å². The molecule has 0 aromatic rings. The molecule has 0 bridgehead atoms. The summed E-state index contributed by atoms with van der Waals surface area (Å²) in [5.41, 5.74) is 0.875. The van der Waals surface area contributed by atoms with Gasteiger partial charge in [0.2, 0.25) is 0 Å². The Hall–Kier alpha value is -0.140. The van der Waals surface area contributed by atoms with E-state index in [1.54, 1.807) is 0 Å². The standard InChI is InChI=1S/C4H9N2OP/c7-5-4-1-2-6(8)3-4/h7H,1-3,8H2/b5-4-. The van der Waals surface area contributed by atoms with Crippen molar-refractivity contribution in [3.05, 3.63) is 0 Å². The van der Waals surface area contributed by atoms with E-state index in [1.807, 2.05) is 4.67 Å². The van der Waals surface area contributed by atoms with Crippen molar-refractivity contribution in [2.45, 2.75) is 6.42 Å². The maximum Gasteiger partial charge on any atom is 0.0726 e. The van der Waals surface area contributed by atoms with Gasteiger partial charge in [0, 0.05) is 19.5 Å². The fourth-order valence-electron chi connectivity index (χ4n) is 0.747. The average molecular weight is 132 g/mol. The highest BCUT2D eigenvalue weighted by Crippen LogP contribution is 2.09. The van der Waals surface area contributed by atoms with Crippen LogP contribution in [-0.4, -0.2) is 28.7 Å². The molecule has 46 valence electrons. The van der Waals surface area contributed by atoms with Crippen LogP contribution >= 0.6 is 9.39 Å². The van der Waals surface area contributed by atoms with Crippen LogP contribution in [-0.2, 0) is 0 Å². The summed E-state index contributed by atoms with van der Waals surface area (Å²) in [6, 6.07) is 0. The summed E-state index contributed by atoms with van der Waals surface area (Å²) in [6.45, 7) is 1.78. The number of hydrogen-bond donors (Lipinski definition) is 1. The summed E-state index contributed by atoms with van der Waals surface area (Å²) in [7, 11) is 2.57. The molecule has 0 aromatic heterocycles. The Morgan fingerprint density at radius 3 is 2.75 bits per heavy atom. The predicted molar refractivity (Wildman–Crippen MR) is 35.1 cm³/mol. The first-order valence-corrected chi connectivity index (χ1v) is 3.04. The van der Waals surface area contributed by atoms with Gasteiger partial charge in [-0.05, 0) is 0 Å². The Morgan fingerprint density at radius 2 is 2.50 bits per heavy atom. The highest BCUT2D eigenvalue weighted by Gasteiger charge is 2.13. The van der Waals surface area contributed by atoms with Crippen molar-refractivity contribution in [1.82, 2.24) is 4.67 Å². The molecular weight excluding hydrogens is 123 g/mol. The van der Waals surface area contributed by atoms with Crippen LogP contribution in [0.2, 0.25) is 0 Å². The second-order valence-corrected chi connectivity index (χ2v) is 2.62. The lowest BCUT2D eigenvalue weighted by Gasteiger charge is -2.00. The summed E-state index contributed by atoms with van der Waals surface area (Å²) < 4.78 is 2.04. The van der Waals surface area contributed by atoms with E-state index in [4.69, 9.17) is 5.21 Å². The van der Waals surface area contributed by atoms with Crippen molar-refractivity contribution in [3.63, 3.8) is 0 Å². The van der Waals surface area contributed by atoms with Gasteiger partial charge in [-0.2, -0.15) is 0 Å². The quantitative estimate of drug-likeness (QED) is 0.292. The Kier molecular flexibility index (Phi) is 1.81. The molecule has 1 fully saturated rings. The van der Waals surface area contributed by atoms with E-state index in [1.165, 1.54) is 0 Å². The van der Waals surface area contributed by atoms with E-state index in [-0.39, 0.29) is 0 Å². The average Bonchev–Trinajstić information content (AvgIpc) is 2.14. The maximum atomic E-state index is 8.24. The highest BCUT2D eigenvalue weighted by molar-refractivity contribution is 7.13. The molecule has 0 aromatic carbocycles. The minimum atomic E-state index is 0.793. The van der Waals surface area contributed by atoms with Crippen LogP contribution in [0.4, 0.5) is 0 Å². The van der Waals surface area contributed by atoms with Crippen LogP contribution in [0.5, 0.6) is 0 Å². The molecule has 0 spiro atoms. The van der Waals surface area contributed by atoms with Crippen molar-refractivity contribution in [1.29, 1.82) is 0 Å². The van der Waals surface area contributed by atoms with Gasteiger partial charge in [0.05, 0.1) is 5.71 Å². The topological polar surface area (TPSA) is 35.8 Å². The molecule has 3 nitrogen and oxygen atoms in total. The van der Waals surface area contributed by atoms with Crippen LogP contribution in [0.3, 0.4) is 0 Å². The maximum absolute atomic E-state index is 8.24. The third kappa shape index (κ3) is 1.17. The molecule has 1 heterocycles. The SMILES string of the molecule is O/N=C1/CCN(P)C1. The molecule has 1 aliphatic rings. The zero-order valence-corrected chi connectivity index (χ0v) is 5.70. The molecule has 1 aliphatic heterocycles. The molecule has 1 unspecified atom stereocenters. The molecule has 1 rings (SSSR count). The minimum absolute atomic E-state index is 0.793. The third-order valence-electron chi connectivity index (χ3n) is 1.21. The smallest absolute Gasteiger partial charge is 0.0726 e. The molecule has 1 N–H and O–H groups in total. The Balaban J connectivity index is 2.44. The zero-order chi connectivity index (χ0) is 5.98. The molecule has 0 aliphatic carbocycles. The van der Waals surface area contributed by atoms with E-state index >= 15 is 0 Å². The molecule has 1 atom stereocenters. The molecule has 4 heteroatoms. The largest absolute Gasteiger partial charge is 0.411 e. The van der Waals surface area contributed by atoms with E-state index in [2.05, 4.69) is 14.5 Å². The van der Waals surface area contributed by atoms with Crippen molar-refractivity contribution in [2.75, 3.05) is 13.1 Å². The van der Waals surface area contributed by atoms with E-state index in [0.717, 1.165) is 25.2 Å². The zero-order valence-electron chi connectivity index (χ0n) is 4.54. The van der Waals surface area contributed by atoms with E-state index in [0.29, 0.717) is 0 Å². The minimum Gasteiger partial charge on any atom is -0.411 e. The van der Waals surface area contributed by atoms with E-state index in [9.17, 15) is 0 Å². The lowest BCUT2D eigenvalue weighted by atomic mass is 10.3. The Bertz CT molecular complexity index is 115. The summed E-state index contributed by atoms with van der Waals surface area (Å²) in [5, 5.41) is 11.3. The summed E-state index contributed by atoms with van der Waals surface area (Å²) in [5.74, 6) is 0. The van der Waals surface area contributed by atoms with Crippen LogP contribution in [0.25, 0.3) is 0 Å². The van der Waals surface area contributed by atoms with Crippen molar-refractivity contribution in [3.8, 4) is 0 Å². The molecule has 0 radical (unpaired) electrons. The lowest BCUT2D eigenvalue weighted by Crippen LogP contribution is -2.05. The van der Waals surface area contributed by atoms with Gasteiger partial charge in [0.25, 0.3) is 0 Å². The van der Waals surface area contributed by atoms with Gasteiger partial charge < -0.3 is 5.21 Å². The van der Waals surface area contributed by atoms with Crippen molar-refractivity contribution in [2.24, 2.45) is 5.16 Å². The normalized spacial score (nSPS) is 27.4. The lowest BCUT2D eigenvalue weighted by molar-refractivity contribution is 0.317. The highest BCUT2D eigenvalue weighted by atomic mass is 31.0. The number of rotatable bonds is 0. The first-order chi connectivity index (χ1) is 3.83. The van der Waals surface area contributed by atoms with Gasteiger partial charge in [0.1, 0.15) is 0 Å². The van der Waals surface area contributed by atoms with Gasteiger partial charge in [-0.3, -0.25) is 4.67 Å². The third-order valence-corrected chi connectivity index (χ3v) is 1.66. The molecular formula is C4H9N2OP. The molecule has 0 amide bonds. The van der Waals surface area contributed by atoms with Crippen LogP contribution in [0.1, 0.15) is 6.42 Å². The van der Waals surface area contributed by atoms with Gasteiger partial charge in [-0.15, -0.1) is 0 Å². The summed E-state index contributed by atoms with van der Waals surface area (Å²) >= 11 is 0. The van der Waals surface area contributed by atoms with Crippen molar-refractivity contribution < 1.29 is 5.21 Å². The van der Waals surface area contributed by atoms with Gasteiger partial charge in [0.15, 0.2) is 0 Å². The Morgan fingerprint density at radius 1 is 1.75 bits per heavy atom. The molecule has 0 saturated carbocycles. The predicted octanol–water partition coefficient (Wildman–Crippen LogP) is 0.312. The molecule has 8 heavy (non-hydrogen) atoms. The second kappa shape index (κ2) is 2.42. The van der Waals surface area contributed by atoms with Crippen LogP contribution < -0.4 is 0 Å². The fourth-order valence-corrected chi connectivity index (χ4v) is 1.09. The fraction of sp³-hybridized carbons (Fsp3) is 0.750. The van der Waals surface area contributed by atoms with Gasteiger partial charge >= 0.3 is 0 Å². The first kappa shape index (κ1) is 5.99. The number of hydrogen-bond acceptors (Lipinski definition) is 3. The summed E-state index contributed by atoms with van der Waals surface area (Å²) in [6.07, 6.45) is 0.903. The second-order valence-electron chi connectivity index (χ2n) is 1.89. The number of nitrogens with zero attached hydrogens (tertiary/aromatic N) is 2. The van der Waals surface area contributed by atoms with Crippen LogP contribution in [0, 0.1) is 0 Å². The first-order valence-electron chi connectivity index (χ1n) is 2.52. The van der Waals surface area contributed by atoms with Gasteiger partial charge in [-0.25, -0.2) is 0 Å².